The number of hydrogen-bond donors (Lipinski definition) is 1. The van der Waals surface area contributed by atoms with Gasteiger partial charge in [-0.2, -0.15) is 0 Å². The normalized spacial score (nSPS) is 18.3. The van der Waals surface area contributed by atoms with E-state index in [9.17, 15) is 4.79 Å². The Morgan fingerprint density at radius 1 is 1.53 bits per heavy atom. The van der Waals surface area contributed by atoms with Crippen LogP contribution in [0, 0.1) is 5.41 Å². The van der Waals surface area contributed by atoms with Crippen LogP contribution < -0.4 is 5.32 Å². The van der Waals surface area contributed by atoms with Crippen molar-refractivity contribution in [1.29, 1.82) is 0 Å². The summed E-state index contributed by atoms with van der Waals surface area (Å²) in [6, 6.07) is 0. The molecular weight excluding hydrogens is 194 g/mol. The minimum Gasteiger partial charge on any atom is -0.466 e. The largest absolute Gasteiger partial charge is 0.466 e. The smallest absolute Gasteiger partial charge is 0.305 e. The number of ether oxygens (including phenoxy) is 2. The van der Waals surface area contributed by atoms with Gasteiger partial charge < -0.3 is 14.8 Å². The van der Waals surface area contributed by atoms with Gasteiger partial charge in [-0.1, -0.05) is 6.92 Å². The monoisotopic (exact) mass is 215 g/mol. The molecule has 0 aromatic carbocycles. The van der Waals surface area contributed by atoms with E-state index in [1.165, 1.54) is 0 Å². The second-order valence-corrected chi connectivity index (χ2v) is 4.39. The van der Waals surface area contributed by atoms with Crippen LogP contribution in [0.3, 0.4) is 0 Å². The standard InChI is InChI=1S/C11H21NO3/c1-3-15-10(13)5-4-6-12-7-11(2)8-14-9-11/h12H,3-9H2,1-2H3. The summed E-state index contributed by atoms with van der Waals surface area (Å²) < 4.78 is 9.99. The van der Waals surface area contributed by atoms with Gasteiger partial charge in [0.05, 0.1) is 19.8 Å². The minimum atomic E-state index is -0.0995. The molecular formula is C11H21NO3. The summed E-state index contributed by atoms with van der Waals surface area (Å²) in [6.07, 6.45) is 1.35. The Hall–Kier alpha value is -0.610. The third kappa shape index (κ3) is 4.62. The van der Waals surface area contributed by atoms with Gasteiger partial charge >= 0.3 is 5.97 Å². The molecule has 0 aromatic rings. The summed E-state index contributed by atoms with van der Waals surface area (Å²) in [5.74, 6) is -0.0995. The van der Waals surface area contributed by atoms with Crippen LogP contribution in [0.5, 0.6) is 0 Å². The van der Waals surface area contributed by atoms with Crippen molar-refractivity contribution in [3.8, 4) is 0 Å². The highest BCUT2D eigenvalue weighted by molar-refractivity contribution is 5.69. The Bertz CT molecular complexity index is 202. The van der Waals surface area contributed by atoms with Gasteiger partial charge in [-0.05, 0) is 19.9 Å². The zero-order chi connectivity index (χ0) is 11.1. The van der Waals surface area contributed by atoms with Gasteiger partial charge in [0.1, 0.15) is 0 Å². The van der Waals surface area contributed by atoms with E-state index in [4.69, 9.17) is 9.47 Å². The number of esters is 1. The molecule has 1 aliphatic rings. The molecule has 1 heterocycles. The molecule has 1 rings (SSSR count). The van der Waals surface area contributed by atoms with Crippen molar-refractivity contribution < 1.29 is 14.3 Å². The zero-order valence-electron chi connectivity index (χ0n) is 9.67. The highest BCUT2D eigenvalue weighted by Gasteiger charge is 2.32. The SMILES string of the molecule is CCOC(=O)CCCNCC1(C)COC1. The number of carbonyl (C=O) groups is 1. The van der Waals surface area contributed by atoms with Gasteiger partial charge in [-0.25, -0.2) is 0 Å². The van der Waals surface area contributed by atoms with E-state index in [2.05, 4.69) is 12.2 Å². The Kier molecular flexibility index (Phi) is 5.05. The van der Waals surface area contributed by atoms with Gasteiger partial charge in [0.15, 0.2) is 0 Å². The number of hydrogen-bond acceptors (Lipinski definition) is 4. The molecule has 1 saturated heterocycles. The van der Waals surface area contributed by atoms with E-state index in [0.29, 0.717) is 18.4 Å². The molecule has 88 valence electrons. The molecule has 0 aliphatic carbocycles. The fourth-order valence-corrected chi connectivity index (χ4v) is 1.53. The van der Waals surface area contributed by atoms with Crippen LogP contribution in [0.15, 0.2) is 0 Å². The van der Waals surface area contributed by atoms with E-state index in [0.717, 1.165) is 32.7 Å². The van der Waals surface area contributed by atoms with Crippen LogP contribution in [0.1, 0.15) is 26.7 Å². The van der Waals surface area contributed by atoms with E-state index < -0.39 is 0 Å². The molecule has 15 heavy (non-hydrogen) atoms. The highest BCUT2D eigenvalue weighted by atomic mass is 16.5. The first-order valence-corrected chi connectivity index (χ1v) is 5.60. The molecule has 1 aliphatic heterocycles. The summed E-state index contributed by atoms with van der Waals surface area (Å²) in [4.78, 5) is 11.0. The van der Waals surface area contributed by atoms with Crippen LogP contribution in [-0.2, 0) is 14.3 Å². The van der Waals surface area contributed by atoms with Gasteiger partial charge in [0.2, 0.25) is 0 Å². The molecule has 0 atom stereocenters. The van der Waals surface area contributed by atoms with Crippen molar-refractivity contribution in [1.82, 2.24) is 5.32 Å². The second kappa shape index (κ2) is 6.08. The van der Waals surface area contributed by atoms with E-state index in [1.807, 2.05) is 6.92 Å². The number of nitrogens with one attached hydrogen (secondary N) is 1. The van der Waals surface area contributed by atoms with Crippen LogP contribution in [0.4, 0.5) is 0 Å². The van der Waals surface area contributed by atoms with Gasteiger partial charge in [-0.3, -0.25) is 4.79 Å². The van der Waals surface area contributed by atoms with Crippen LogP contribution in [-0.4, -0.2) is 38.9 Å². The predicted octanol–water partition coefficient (Wildman–Crippen LogP) is 0.956. The summed E-state index contributed by atoms with van der Waals surface area (Å²) in [6.45, 7) is 8.03. The fraction of sp³-hybridized carbons (Fsp3) is 0.909. The molecule has 1 fully saturated rings. The Labute approximate surface area is 91.3 Å². The predicted molar refractivity (Wildman–Crippen MR) is 57.7 cm³/mol. The van der Waals surface area contributed by atoms with Gasteiger partial charge in [-0.15, -0.1) is 0 Å². The van der Waals surface area contributed by atoms with E-state index in [1.54, 1.807) is 0 Å². The first-order valence-electron chi connectivity index (χ1n) is 5.60. The third-order valence-electron chi connectivity index (χ3n) is 2.49. The molecule has 0 radical (unpaired) electrons. The van der Waals surface area contributed by atoms with Gasteiger partial charge in [0.25, 0.3) is 0 Å². The lowest BCUT2D eigenvalue weighted by molar-refractivity contribution is -0.143. The fourth-order valence-electron chi connectivity index (χ4n) is 1.53. The summed E-state index contributed by atoms with van der Waals surface area (Å²) >= 11 is 0. The average molecular weight is 215 g/mol. The summed E-state index contributed by atoms with van der Waals surface area (Å²) in [5.41, 5.74) is 0.309. The first-order chi connectivity index (χ1) is 7.16. The summed E-state index contributed by atoms with van der Waals surface area (Å²) in [5, 5.41) is 3.34. The molecule has 0 unspecified atom stereocenters. The first kappa shape index (κ1) is 12.5. The molecule has 0 spiro atoms. The Morgan fingerprint density at radius 2 is 2.27 bits per heavy atom. The maximum atomic E-state index is 11.0. The van der Waals surface area contributed by atoms with Crippen LogP contribution >= 0.6 is 0 Å². The Morgan fingerprint density at radius 3 is 2.80 bits per heavy atom. The van der Waals surface area contributed by atoms with Crippen molar-refractivity contribution in [2.75, 3.05) is 32.9 Å². The quantitative estimate of drug-likeness (QED) is 0.507. The number of rotatable bonds is 7. The molecule has 4 nitrogen and oxygen atoms in total. The lowest BCUT2D eigenvalue weighted by Crippen LogP contribution is -2.47. The molecule has 0 aromatic heterocycles. The molecule has 1 N–H and O–H groups in total. The molecule has 0 amide bonds. The molecule has 4 heteroatoms. The van der Waals surface area contributed by atoms with Crippen molar-refractivity contribution in [2.45, 2.75) is 26.7 Å². The summed E-state index contributed by atoms with van der Waals surface area (Å²) in [7, 11) is 0. The third-order valence-corrected chi connectivity index (χ3v) is 2.49. The topological polar surface area (TPSA) is 47.6 Å². The van der Waals surface area contributed by atoms with Gasteiger partial charge in [0, 0.05) is 18.4 Å². The Balaban J connectivity index is 1.90. The number of carbonyl (C=O) groups excluding carboxylic acids is 1. The minimum absolute atomic E-state index is 0.0995. The molecule has 0 bridgehead atoms. The van der Waals surface area contributed by atoms with Crippen molar-refractivity contribution >= 4 is 5.97 Å². The highest BCUT2D eigenvalue weighted by Crippen LogP contribution is 2.24. The van der Waals surface area contributed by atoms with Crippen molar-refractivity contribution in [3.05, 3.63) is 0 Å². The maximum absolute atomic E-state index is 11.0. The van der Waals surface area contributed by atoms with Crippen molar-refractivity contribution in [3.63, 3.8) is 0 Å². The lowest BCUT2D eigenvalue weighted by atomic mass is 9.89. The van der Waals surface area contributed by atoms with Crippen LogP contribution in [0.25, 0.3) is 0 Å². The second-order valence-electron chi connectivity index (χ2n) is 4.39. The van der Waals surface area contributed by atoms with E-state index >= 15 is 0 Å². The average Bonchev–Trinajstić information content (AvgIpc) is 2.15. The molecule has 0 saturated carbocycles. The maximum Gasteiger partial charge on any atom is 0.305 e. The van der Waals surface area contributed by atoms with E-state index in [-0.39, 0.29) is 5.97 Å². The zero-order valence-corrected chi connectivity index (χ0v) is 9.67. The lowest BCUT2D eigenvalue weighted by Gasteiger charge is -2.38. The van der Waals surface area contributed by atoms with Crippen LogP contribution in [0.2, 0.25) is 0 Å². The van der Waals surface area contributed by atoms with Crippen molar-refractivity contribution in [2.24, 2.45) is 5.41 Å².